The maximum atomic E-state index is 10.2. The van der Waals surface area contributed by atoms with Crippen LogP contribution >= 0.6 is 0 Å². The van der Waals surface area contributed by atoms with Crippen molar-refractivity contribution in [3.63, 3.8) is 0 Å². The van der Waals surface area contributed by atoms with Crippen LogP contribution in [0.5, 0.6) is 0 Å². The number of carboxylic acid groups (broad SMARTS) is 1. The molecule has 0 amide bonds. The van der Waals surface area contributed by atoms with Crippen LogP contribution < -0.4 is 5.32 Å². The maximum Gasteiger partial charge on any atom is 0.332 e. The van der Waals surface area contributed by atoms with Crippen molar-refractivity contribution in [3.8, 4) is 0 Å². The van der Waals surface area contributed by atoms with Crippen LogP contribution in [0.25, 0.3) is 0 Å². The van der Waals surface area contributed by atoms with Gasteiger partial charge in [-0.2, -0.15) is 0 Å². The van der Waals surface area contributed by atoms with Gasteiger partial charge in [0.15, 0.2) is 0 Å². The first-order valence-electron chi connectivity index (χ1n) is 3.36. The molecule has 0 atom stereocenters. The van der Waals surface area contributed by atoms with Gasteiger partial charge in [-0.1, -0.05) is 0 Å². The van der Waals surface area contributed by atoms with Gasteiger partial charge in [-0.25, -0.2) is 4.79 Å². The minimum atomic E-state index is -0.854. The number of carbonyl (C=O) groups is 1. The Hall–Kier alpha value is -0.990. The third-order valence-corrected chi connectivity index (χ3v) is 1.45. The number of carboxylic acids is 1. The van der Waals surface area contributed by atoms with E-state index in [2.05, 4.69) is 5.32 Å². The molecular formula is C7H11NO2. The summed E-state index contributed by atoms with van der Waals surface area (Å²) >= 11 is 0. The lowest BCUT2D eigenvalue weighted by Gasteiger charge is -1.95. The fourth-order valence-electron chi connectivity index (χ4n) is 0.555. The van der Waals surface area contributed by atoms with E-state index < -0.39 is 5.97 Å². The fraction of sp³-hybridized carbons (Fsp3) is 0.571. The van der Waals surface area contributed by atoms with E-state index in [1.807, 2.05) is 0 Å². The smallest absolute Gasteiger partial charge is 0.332 e. The van der Waals surface area contributed by atoms with Crippen LogP contribution in [-0.2, 0) is 4.79 Å². The Morgan fingerprint density at radius 2 is 2.30 bits per heavy atom. The molecule has 2 N–H and O–H groups in total. The average Bonchev–Trinajstić information content (AvgIpc) is 2.64. The van der Waals surface area contributed by atoms with Gasteiger partial charge in [-0.3, -0.25) is 0 Å². The average molecular weight is 141 g/mol. The molecule has 3 heteroatoms. The highest BCUT2D eigenvalue weighted by Crippen LogP contribution is 2.18. The molecule has 0 aromatic rings. The van der Waals surface area contributed by atoms with Gasteiger partial charge in [0.05, 0.1) is 0 Å². The van der Waals surface area contributed by atoms with Crippen molar-refractivity contribution in [2.75, 3.05) is 0 Å². The van der Waals surface area contributed by atoms with Gasteiger partial charge in [0.2, 0.25) is 0 Å². The van der Waals surface area contributed by atoms with Gasteiger partial charge >= 0.3 is 5.97 Å². The summed E-state index contributed by atoms with van der Waals surface area (Å²) in [5.74, 6) is -0.854. The Labute approximate surface area is 59.7 Å². The van der Waals surface area contributed by atoms with Crippen molar-refractivity contribution < 1.29 is 9.90 Å². The molecule has 0 aromatic carbocycles. The third-order valence-electron chi connectivity index (χ3n) is 1.45. The van der Waals surface area contributed by atoms with E-state index >= 15 is 0 Å². The molecule has 10 heavy (non-hydrogen) atoms. The van der Waals surface area contributed by atoms with Crippen LogP contribution in [0.1, 0.15) is 19.8 Å². The van der Waals surface area contributed by atoms with E-state index in [4.69, 9.17) is 5.11 Å². The van der Waals surface area contributed by atoms with Crippen molar-refractivity contribution in [2.24, 2.45) is 0 Å². The lowest BCUT2D eigenvalue weighted by Crippen LogP contribution is -2.10. The summed E-state index contributed by atoms with van der Waals surface area (Å²) in [7, 11) is 0. The van der Waals surface area contributed by atoms with Gasteiger partial charge in [0, 0.05) is 17.8 Å². The minimum Gasteiger partial charge on any atom is -0.478 e. The van der Waals surface area contributed by atoms with Crippen LogP contribution in [-0.4, -0.2) is 17.1 Å². The van der Waals surface area contributed by atoms with Crippen molar-refractivity contribution in [1.82, 2.24) is 5.32 Å². The second-order valence-electron chi connectivity index (χ2n) is 2.57. The van der Waals surface area contributed by atoms with Crippen LogP contribution in [0.3, 0.4) is 0 Å². The molecule has 1 fully saturated rings. The molecule has 0 bridgehead atoms. The predicted molar refractivity (Wildman–Crippen MR) is 37.6 cm³/mol. The second kappa shape index (κ2) is 2.73. The van der Waals surface area contributed by atoms with Crippen LogP contribution in [0.2, 0.25) is 0 Å². The lowest BCUT2D eigenvalue weighted by atomic mass is 10.3. The summed E-state index contributed by atoms with van der Waals surface area (Å²) in [4.78, 5) is 10.2. The van der Waals surface area contributed by atoms with Crippen molar-refractivity contribution in [1.29, 1.82) is 0 Å². The molecule has 0 radical (unpaired) electrons. The molecule has 1 aliphatic rings. The Kier molecular flexibility index (Phi) is 1.94. The molecule has 3 nitrogen and oxygen atoms in total. The number of hydrogen-bond acceptors (Lipinski definition) is 2. The van der Waals surface area contributed by atoms with Gasteiger partial charge < -0.3 is 10.4 Å². The number of aliphatic carboxylic acids is 1. The van der Waals surface area contributed by atoms with E-state index in [-0.39, 0.29) is 0 Å². The van der Waals surface area contributed by atoms with Gasteiger partial charge in [0.25, 0.3) is 0 Å². The molecular weight excluding hydrogens is 130 g/mol. The second-order valence-corrected chi connectivity index (χ2v) is 2.57. The highest BCUT2D eigenvalue weighted by Gasteiger charge is 2.19. The Morgan fingerprint density at radius 1 is 1.70 bits per heavy atom. The zero-order chi connectivity index (χ0) is 7.56. The SMILES string of the molecule is C/C(=C\NC1CC1)C(=O)O. The Balaban J connectivity index is 2.29. The highest BCUT2D eigenvalue weighted by atomic mass is 16.4. The van der Waals surface area contributed by atoms with Crippen molar-refractivity contribution in [2.45, 2.75) is 25.8 Å². The Morgan fingerprint density at radius 3 is 2.70 bits per heavy atom. The fourth-order valence-corrected chi connectivity index (χ4v) is 0.555. The standard InChI is InChI=1S/C7H11NO2/c1-5(7(9)10)4-8-6-2-3-6/h4,6,8H,2-3H2,1H3,(H,9,10)/b5-4+. The minimum absolute atomic E-state index is 0.368. The van der Waals surface area contributed by atoms with Crippen LogP contribution in [0.4, 0.5) is 0 Å². The number of hydrogen-bond donors (Lipinski definition) is 2. The van der Waals surface area contributed by atoms with Gasteiger partial charge in [0.1, 0.15) is 0 Å². The lowest BCUT2D eigenvalue weighted by molar-refractivity contribution is -0.132. The summed E-state index contributed by atoms with van der Waals surface area (Å²) in [6, 6.07) is 0.536. The zero-order valence-corrected chi connectivity index (χ0v) is 5.92. The summed E-state index contributed by atoms with van der Waals surface area (Å²) < 4.78 is 0. The third kappa shape index (κ3) is 2.09. The van der Waals surface area contributed by atoms with E-state index in [1.54, 1.807) is 13.1 Å². The quantitative estimate of drug-likeness (QED) is 0.569. The molecule has 0 heterocycles. The first-order chi connectivity index (χ1) is 4.70. The van der Waals surface area contributed by atoms with E-state index in [0.717, 1.165) is 0 Å². The normalized spacial score (nSPS) is 18.7. The predicted octanol–water partition coefficient (Wildman–Crippen LogP) is 0.727. The molecule has 1 saturated carbocycles. The highest BCUT2D eigenvalue weighted by molar-refractivity contribution is 5.85. The summed E-state index contributed by atoms with van der Waals surface area (Å²) in [6.07, 6.45) is 3.91. The molecule has 0 saturated heterocycles. The summed E-state index contributed by atoms with van der Waals surface area (Å²) in [5.41, 5.74) is 0.368. The monoisotopic (exact) mass is 141 g/mol. The molecule has 1 rings (SSSR count). The zero-order valence-electron chi connectivity index (χ0n) is 5.92. The topological polar surface area (TPSA) is 49.3 Å². The van der Waals surface area contributed by atoms with Crippen LogP contribution in [0.15, 0.2) is 11.8 Å². The van der Waals surface area contributed by atoms with Crippen molar-refractivity contribution >= 4 is 5.97 Å². The van der Waals surface area contributed by atoms with Gasteiger partial charge in [-0.15, -0.1) is 0 Å². The maximum absolute atomic E-state index is 10.2. The largest absolute Gasteiger partial charge is 0.478 e. The molecule has 56 valence electrons. The number of rotatable bonds is 3. The molecule has 0 aliphatic heterocycles. The summed E-state index contributed by atoms with van der Waals surface area (Å²) in [6.45, 7) is 1.58. The Bertz CT molecular complexity index is 170. The first kappa shape index (κ1) is 7.12. The summed E-state index contributed by atoms with van der Waals surface area (Å²) in [5, 5.41) is 11.4. The molecule has 1 aliphatic carbocycles. The molecule has 0 unspecified atom stereocenters. The molecule has 0 aromatic heterocycles. The van der Waals surface area contributed by atoms with E-state index in [9.17, 15) is 4.79 Å². The van der Waals surface area contributed by atoms with E-state index in [1.165, 1.54) is 12.8 Å². The van der Waals surface area contributed by atoms with E-state index in [0.29, 0.717) is 11.6 Å². The van der Waals surface area contributed by atoms with Gasteiger partial charge in [-0.05, 0) is 19.8 Å². The van der Waals surface area contributed by atoms with Crippen LogP contribution in [0, 0.1) is 0 Å². The molecule has 0 spiro atoms. The first-order valence-corrected chi connectivity index (χ1v) is 3.36. The van der Waals surface area contributed by atoms with Crippen molar-refractivity contribution in [3.05, 3.63) is 11.8 Å². The number of nitrogens with one attached hydrogen (secondary N) is 1.